The Balaban J connectivity index is 1.74. The van der Waals surface area contributed by atoms with Gasteiger partial charge < -0.3 is 4.90 Å². The van der Waals surface area contributed by atoms with Crippen LogP contribution in [0.3, 0.4) is 0 Å². The van der Waals surface area contributed by atoms with Gasteiger partial charge in [0.1, 0.15) is 5.82 Å². The lowest BCUT2D eigenvalue weighted by atomic mass is 10.1. The maximum absolute atomic E-state index is 13.5. The van der Waals surface area contributed by atoms with Crippen LogP contribution < -0.4 is 5.56 Å². The number of carbonyl (C=O) groups excluding carboxylic acids is 1. The summed E-state index contributed by atoms with van der Waals surface area (Å²) in [4.78, 5) is 33.3. The number of amides is 1. The second-order valence-electron chi connectivity index (χ2n) is 8.60. The van der Waals surface area contributed by atoms with E-state index in [9.17, 15) is 22.8 Å². The zero-order valence-electron chi connectivity index (χ0n) is 20.0. The van der Waals surface area contributed by atoms with Crippen molar-refractivity contribution in [2.24, 2.45) is 0 Å². The number of nitrogens with zero attached hydrogens (tertiary/aromatic N) is 3. The molecule has 0 spiro atoms. The van der Waals surface area contributed by atoms with Gasteiger partial charge >= 0.3 is 6.18 Å². The first-order valence-corrected chi connectivity index (χ1v) is 11.7. The summed E-state index contributed by atoms with van der Waals surface area (Å²) in [6, 6.07) is 20.2. The summed E-state index contributed by atoms with van der Waals surface area (Å²) in [5.74, 6) is 0.158. The van der Waals surface area contributed by atoms with E-state index < -0.39 is 17.8 Å². The van der Waals surface area contributed by atoms with Gasteiger partial charge in [-0.3, -0.25) is 14.2 Å². The average molecular weight is 494 g/mol. The second kappa shape index (κ2) is 10.4. The summed E-state index contributed by atoms with van der Waals surface area (Å²) in [5.41, 5.74) is 0.649. The highest BCUT2D eigenvalue weighted by atomic mass is 19.4. The summed E-state index contributed by atoms with van der Waals surface area (Å²) < 4.78 is 40.3. The molecule has 0 aliphatic heterocycles. The van der Waals surface area contributed by atoms with Gasteiger partial charge in [0, 0.05) is 6.54 Å². The van der Waals surface area contributed by atoms with Crippen LogP contribution in [0.1, 0.15) is 43.3 Å². The molecule has 0 saturated heterocycles. The van der Waals surface area contributed by atoms with Gasteiger partial charge in [0.15, 0.2) is 0 Å². The van der Waals surface area contributed by atoms with Crippen molar-refractivity contribution in [3.63, 3.8) is 0 Å². The quantitative estimate of drug-likeness (QED) is 0.320. The molecular formula is C28H26F3N3O2. The number of para-hydroxylation sites is 2. The molecule has 0 saturated carbocycles. The average Bonchev–Trinajstić information content (AvgIpc) is 2.87. The molecule has 0 fully saturated rings. The number of hydrogen-bond acceptors (Lipinski definition) is 3. The van der Waals surface area contributed by atoms with Crippen molar-refractivity contribution < 1.29 is 18.0 Å². The Labute approximate surface area is 206 Å². The van der Waals surface area contributed by atoms with Crippen molar-refractivity contribution >= 4 is 16.8 Å². The molecule has 1 aromatic heterocycles. The number of rotatable bonds is 7. The van der Waals surface area contributed by atoms with Crippen LogP contribution in [-0.2, 0) is 17.4 Å². The first-order chi connectivity index (χ1) is 17.2. The van der Waals surface area contributed by atoms with E-state index in [4.69, 9.17) is 4.98 Å². The van der Waals surface area contributed by atoms with Gasteiger partial charge in [0.2, 0.25) is 5.91 Å². The first kappa shape index (κ1) is 25.2. The van der Waals surface area contributed by atoms with Crippen LogP contribution in [0.15, 0.2) is 83.7 Å². The summed E-state index contributed by atoms with van der Waals surface area (Å²) in [6.45, 7) is 4.15. The van der Waals surface area contributed by atoms with Gasteiger partial charge in [-0.1, -0.05) is 49.4 Å². The van der Waals surface area contributed by atoms with Crippen LogP contribution in [0.2, 0.25) is 0 Å². The Morgan fingerprint density at radius 1 is 0.972 bits per heavy atom. The van der Waals surface area contributed by atoms with Gasteiger partial charge in [-0.25, -0.2) is 4.98 Å². The molecule has 0 N–H and O–H groups in total. The Bertz CT molecular complexity index is 1410. The monoisotopic (exact) mass is 493 g/mol. The molecule has 4 aromatic rings. The summed E-state index contributed by atoms with van der Waals surface area (Å²) >= 11 is 0. The molecule has 36 heavy (non-hydrogen) atoms. The molecule has 0 aliphatic rings. The molecule has 0 aliphatic carbocycles. The van der Waals surface area contributed by atoms with Crippen LogP contribution >= 0.6 is 0 Å². The first-order valence-electron chi connectivity index (χ1n) is 11.7. The highest BCUT2D eigenvalue weighted by Gasteiger charge is 2.30. The van der Waals surface area contributed by atoms with E-state index in [0.29, 0.717) is 40.9 Å². The minimum absolute atomic E-state index is 0.0639. The minimum Gasteiger partial charge on any atom is -0.332 e. The number of halogens is 3. The summed E-state index contributed by atoms with van der Waals surface area (Å²) in [5, 5.41) is 0.468. The zero-order valence-corrected chi connectivity index (χ0v) is 20.0. The van der Waals surface area contributed by atoms with Crippen molar-refractivity contribution in [3.8, 4) is 5.69 Å². The number of benzene rings is 3. The van der Waals surface area contributed by atoms with Crippen molar-refractivity contribution in [2.75, 3.05) is 6.54 Å². The zero-order chi connectivity index (χ0) is 25.9. The number of alkyl halides is 3. The van der Waals surface area contributed by atoms with Crippen molar-refractivity contribution in [1.29, 1.82) is 0 Å². The van der Waals surface area contributed by atoms with E-state index in [1.165, 1.54) is 16.7 Å². The van der Waals surface area contributed by atoms with E-state index in [0.717, 1.165) is 12.1 Å². The van der Waals surface area contributed by atoms with Crippen LogP contribution in [-0.4, -0.2) is 26.9 Å². The molecule has 1 amide bonds. The Morgan fingerprint density at radius 3 is 2.25 bits per heavy atom. The van der Waals surface area contributed by atoms with E-state index in [1.54, 1.807) is 29.2 Å². The van der Waals surface area contributed by atoms with Gasteiger partial charge in [-0.15, -0.1) is 0 Å². The fourth-order valence-corrected chi connectivity index (χ4v) is 4.26. The van der Waals surface area contributed by atoms with Crippen molar-refractivity contribution in [2.45, 2.75) is 38.9 Å². The minimum atomic E-state index is -4.44. The van der Waals surface area contributed by atoms with Crippen molar-refractivity contribution in [1.82, 2.24) is 14.5 Å². The fourth-order valence-electron chi connectivity index (χ4n) is 4.26. The van der Waals surface area contributed by atoms with E-state index in [-0.39, 0.29) is 17.9 Å². The molecule has 3 aromatic carbocycles. The topological polar surface area (TPSA) is 55.2 Å². The van der Waals surface area contributed by atoms with E-state index in [1.807, 2.05) is 44.2 Å². The van der Waals surface area contributed by atoms with Gasteiger partial charge in [-0.2, -0.15) is 13.2 Å². The normalized spacial score (nSPS) is 12.5. The van der Waals surface area contributed by atoms with Crippen molar-refractivity contribution in [3.05, 3.63) is 106 Å². The second-order valence-corrected chi connectivity index (χ2v) is 8.60. The Morgan fingerprint density at radius 2 is 1.61 bits per heavy atom. The van der Waals surface area contributed by atoms with E-state index in [2.05, 4.69) is 0 Å². The molecule has 8 heteroatoms. The highest BCUT2D eigenvalue weighted by molar-refractivity contribution is 5.80. The molecule has 1 atom stereocenters. The van der Waals surface area contributed by atoms with Gasteiger partial charge in [0.05, 0.1) is 34.6 Å². The number of fused-ring (bicyclic) bond motifs is 1. The largest absolute Gasteiger partial charge is 0.416 e. The maximum atomic E-state index is 13.5. The summed E-state index contributed by atoms with van der Waals surface area (Å²) in [6.07, 6.45) is -3.84. The SMILES string of the molecule is CCCN(C(=O)Cc1ccc(C(F)(F)F)cc1)C(C)c1nc2ccccc2c(=O)n1-c1ccccc1. The molecule has 0 radical (unpaired) electrons. The maximum Gasteiger partial charge on any atom is 0.416 e. The van der Waals surface area contributed by atoms with Crippen LogP contribution in [0.4, 0.5) is 13.2 Å². The van der Waals surface area contributed by atoms with Crippen LogP contribution in [0, 0.1) is 0 Å². The number of hydrogen-bond donors (Lipinski definition) is 0. The lowest BCUT2D eigenvalue weighted by molar-refractivity contribution is -0.137. The smallest absolute Gasteiger partial charge is 0.332 e. The van der Waals surface area contributed by atoms with E-state index >= 15 is 0 Å². The molecular weight excluding hydrogens is 467 g/mol. The van der Waals surface area contributed by atoms with Gasteiger partial charge in [-0.05, 0) is 55.3 Å². The Kier molecular flexibility index (Phi) is 7.24. The van der Waals surface area contributed by atoms with Gasteiger partial charge in [0.25, 0.3) is 5.56 Å². The third kappa shape index (κ3) is 5.17. The lowest BCUT2D eigenvalue weighted by Crippen LogP contribution is -2.38. The standard InChI is InChI=1S/C28H26F3N3O2/c1-3-17-33(25(35)18-20-13-15-21(16-14-20)28(29,30)31)19(2)26-32-24-12-8-7-11-23(24)27(36)34(26)22-9-5-4-6-10-22/h4-16,19H,3,17-18H2,1-2H3. The predicted octanol–water partition coefficient (Wildman–Crippen LogP) is 5.95. The third-order valence-electron chi connectivity index (χ3n) is 6.08. The van der Waals surface area contributed by atoms with Crippen LogP contribution in [0.25, 0.3) is 16.6 Å². The van der Waals surface area contributed by atoms with Crippen LogP contribution in [0.5, 0.6) is 0 Å². The molecule has 4 rings (SSSR count). The third-order valence-corrected chi connectivity index (χ3v) is 6.08. The number of aromatic nitrogens is 2. The highest BCUT2D eigenvalue weighted by Crippen LogP contribution is 2.29. The molecule has 0 bridgehead atoms. The number of carbonyl (C=O) groups is 1. The molecule has 1 heterocycles. The lowest BCUT2D eigenvalue weighted by Gasteiger charge is -2.30. The summed E-state index contributed by atoms with van der Waals surface area (Å²) in [7, 11) is 0. The molecule has 1 unspecified atom stereocenters. The molecule has 186 valence electrons. The fraction of sp³-hybridized carbons (Fsp3) is 0.250. The molecule has 5 nitrogen and oxygen atoms in total. The predicted molar refractivity (Wildman–Crippen MR) is 133 cm³/mol. The Hall–Kier alpha value is -3.94.